The summed E-state index contributed by atoms with van der Waals surface area (Å²) in [6.45, 7) is 13.2. The number of amides is 3. The van der Waals surface area contributed by atoms with Crippen molar-refractivity contribution in [1.82, 2.24) is 9.80 Å². The second-order valence-electron chi connectivity index (χ2n) is 12.8. The summed E-state index contributed by atoms with van der Waals surface area (Å²) in [7, 11) is 1.60. The van der Waals surface area contributed by atoms with Crippen LogP contribution >= 0.6 is 0 Å². The highest BCUT2D eigenvalue weighted by Crippen LogP contribution is 2.33. The Morgan fingerprint density at radius 2 is 1.28 bits per heavy atom. The van der Waals surface area contributed by atoms with Crippen LogP contribution in [-0.2, 0) is 9.47 Å². The average molecular weight is 590 g/mol. The fourth-order valence-corrected chi connectivity index (χ4v) is 4.90. The summed E-state index contributed by atoms with van der Waals surface area (Å²) >= 11 is 0. The molecule has 0 saturated carbocycles. The van der Waals surface area contributed by atoms with Crippen LogP contribution in [0.1, 0.15) is 75.9 Å². The van der Waals surface area contributed by atoms with E-state index in [0.717, 1.165) is 22.3 Å². The van der Waals surface area contributed by atoms with E-state index < -0.39 is 11.2 Å². The summed E-state index contributed by atoms with van der Waals surface area (Å²) in [5.74, 6) is 0.426. The molecule has 9 heteroatoms. The molecule has 0 fully saturated rings. The topological polar surface area (TPSA) is 97.4 Å². The molecular weight excluding hydrogens is 546 g/mol. The molecule has 4 rings (SSSR count). The lowest BCUT2D eigenvalue weighted by atomic mass is 9.98. The van der Waals surface area contributed by atoms with Gasteiger partial charge in [0.15, 0.2) is 0 Å². The quantitative estimate of drug-likeness (QED) is 0.404. The standard InChI is InChI=1S/C34H43N3O6/c1-33(2,3)42-31(39)36-18-14-24(15-19-36)23-8-10-26(11-9-23)30(38)35-27-12-13-28(29(22-27)41-7)25-16-20-37(21-17-25)32(40)43-34(4,5)6/h8-14,16,22H,15,17-21H2,1-7H3,(H,35,38). The predicted octanol–water partition coefficient (Wildman–Crippen LogP) is 7.00. The highest BCUT2D eigenvalue weighted by Gasteiger charge is 2.26. The maximum atomic E-state index is 13.0. The molecule has 1 N–H and O–H groups in total. The zero-order valence-electron chi connectivity index (χ0n) is 26.3. The zero-order valence-corrected chi connectivity index (χ0v) is 26.3. The summed E-state index contributed by atoms with van der Waals surface area (Å²) in [6, 6.07) is 13.1. The molecular formula is C34H43N3O6. The second kappa shape index (κ2) is 12.9. The van der Waals surface area contributed by atoms with E-state index >= 15 is 0 Å². The van der Waals surface area contributed by atoms with Gasteiger partial charge in [0.1, 0.15) is 17.0 Å². The van der Waals surface area contributed by atoms with Gasteiger partial charge in [-0.25, -0.2) is 9.59 Å². The molecule has 0 spiro atoms. The Morgan fingerprint density at radius 3 is 1.74 bits per heavy atom. The van der Waals surface area contributed by atoms with Crippen molar-refractivity contribution >= 4 is 34.9 Å². The highest BCUT2D eigenvalue weighted by molar-refractivity contribution is 6.04. The Morgan fingerprint density at radius 1 is 0.744 bits per heavy atom. The van der Waals surface area contributed by atoms with Crippen LogP contribution in [0.15, 0.2) is 54.6 Å². The first kappa shape index (κ1) is 31.7. The van der Waals surface area contributed by atoms with Crippen LogP contribution in [0.5, 0.6) is 5.75 Å². The van der Waals surface area contributed by atoms with E-state index in [0.29, 0.717) is 56.0 Å². The van der Waals surface area contributed by atoms with Crippen LogP contribution in [0, 0.1) is 0 Å². The Hall–Kier alpha value is -4.27. The maximum absolute atomic E-state index is 13.0. The minimum Gasteiger partial charge on any atom is -0.496 e. The molecule has 43 heavy (non-hydrogen) atoms. The summed E-state index contributed by atoms with van der Waals surface area (Å²) < 4.78 is 16.6. The first-order valence-corrected chi connectivity index (χ1v) is 14.7. The minimum atomic E-state index is -0.535. The fraction of sp³-hybridized carbons (Fsp3) is 0.441. The number of anilines is 1. The predicted molar refractivity (Wildman–Crippen MR) is 168 cm³/mol. The highest BCUT2D eigenvalue weighted by atomic mass is 16.6. The van der Waals surface area contributed by atoms with Crippen LogP contribution < -0.4 is 10.1 Å². The monoisotopic (exact) mass is 589 g/mol. The molecule has 0 atom stereocenters. The Bertz CT molecular complexity index is 1410. The van der Waals surface area contributed by atoms with Crippen molar-refractivity contribution in [3.05, 3.63) is 71.3 Å². The largest absolute Gasteiger partial charge is 0.496 e. The lowest BCUT2D eigenvalue weighted by Crippen LogP contribution is -2.39. The number of ether oxygens (including phenoxy) is 3. The molecule has 2 aliphatic heterocycles. The van der Waals surface area contributed by atoms with Gasteiger partial charge in [-0.05, 0) is 95.4 Å². The Labute approximate surface area is 254 Å². The van der Waals surface area contributed by atoms with Gasteiger partial charge in [-0.15, -0.1) is 0 Å². The second-order valence-corrected chi connectivity index (χ2v) is 12.8. The molecule has 0 saturated heterocycles. The third-order valence-electron chi connectivity index (χ3n) is 7.04. The molecule has 0 aliphatic carbocycles. The van der Waals surface area contributed by atoms with Gasteiger partial charge in [0.25, 0.3) is 5.91 Å². The van der Waals surface area contributed by atoms with Crippen molar-refractivity contribution in [3.8, 4) is 5.75 Å². The third kappa shape index (κ3) is 8.63. The number of carbonyl (C=O) groups is 3. The van der Waals surface area contributed by atoms with Gasteiger partial charge in [0, 0.05) is 49.1 Å². The van der Waals surface area contributed by atoms with E-state index in [2.05, 4.69) is 5.32 Å². The van der Waals surface area contributed by atoms with Gasteiger partial charge >= 0.3 is 12.2 Å². The summed E-state index contributed by atoms with van der Waals surface area (Å²) in [5.41, 5.74) is 4.28. The third-order valence-corrected chi connectivity index (χ3v) is 7.04. The van der Waals surface area contributed by atoms with E-state index in [4.69, 9.17) is 14.2 Å². The van der Waals surface area contributed by atoms with Crippen molar-refractivity contribution in [2.24, 2.45) is 0 Å². The number of hydrogen-bond acceptors (Lipinski definition) is 6. The molecule has 0 aromatic heterocycles. The molecule has 2 heterocycles. The number of carbonyl (C=O) groups excluding carboxylic acids is 3. The number of nitrogens with one attached hydrogen (secondary N) is 1. The fourth-order valence-electron chi connectivity index (χ4n) is 4.90. The Kier molecular flexibility index (Phi) is 9.52. The molecule has 230 valence electrons. The normalized spacial score (nSPS) is 15.7. The van der Waals surface area contributed by atoms with Gasteiger partial charge in [-0.2, -0.15) is 0 Å². The van der Waals surface area contributed by atoms with E-state index in [-0.39, 0.29) is 18.1 Å². The minimum absolute atomic E-state index is 0.222. The van der Waals surface area contributed by atoms with E-state index in [1.807, 2.05) is 84.0 Å². The molecule has 2 aromatic carbocycles. The first-order valence-electron chi connectivity index (χ1n) is 14.7. The van der Waals surface area contributed by atoms with Crippen molar-refractivity contribution < 1.29 is 28.6 Å². The van der Waals surface area contributed by atoms with Gasteiger partial charge in [0.05, 0.1) is 7.11 Å². The van der Waals surface area contributed by atoms with Gasteiger partial charge in [-0.1, -0.05) is 24.3 Å². The van der Waals surface area contributed by atoms with E-state index in [9.17, 15) is 14.4 Å². The van der Waals surface area contributed by atoms with Crippen molar-refractivity contribution in [3.63, 3.8) is 0 Å². The lowest BCUT2D eigenvalue weighted by molar-refractivity contribution is 0.0260. The van der Waals surface area contributed by atoms with Crippen LogP contribution in [0.2, 0.25) is 0 Å². The number of benzene rings is 2. The van der Waals surface area contributed by atoms with Crippen LogP contribution in [0.25, 0.3) is 11.1 Å². The molecule has 0 radical (unpaired) electrons. The first-order chi connectivity index (χ1) is 20.2. The van der Waals surface area contributed by atoms with Crippen LogP contribution in [-0.4, -0.2) is 72.4 Å². The molecule has 2 aromatic rings. The van der Waals surface area contributed by atoms with Crippen molar-refractivity contribution in [2.45, 2.75) is 65.6 Å². The van der Waals surface area contributed by atoms with Gasteiger partial charge in [-0.3, -0.25) is 4.79 Å². The number of nitrogens with zero attached hydrogens (tertiary/aromatic N) is 2. The molecule has 9 nitrogen and oxygen atoms in total. The van der Waals surface area contributed by atoms with Gasteiger partial charge in [0.2, 0.25) is 0 Å². The number of rotatable bonds is 5. The van der Waals surface area contributed by atoms with Crippen LogP contribution in [0.3, 0.4) is 0 Å². The summed E-state index contributed by atoms with van der Waals surface area (Å²) in [4.78, 5) is 41.2. The maximum Gasteiger partial charge on any atom is 0.410 e. The van der Waals surface area contributed by atoms with Crippen molar-refractivity contribution in [2.75, 3.05) is 38.6 Å². The number of methoxy groups -OCH3 is 1. The average Bonchev–Trinajstić information content (AvgIpc) is 2.95. The smallest absolute Gasteiger partial charge is 0.410 e. The van der Waals surface area contributed by atoms with E-state index in [1.165, 1.54) is 0 Å². The molecule has 0 unspecified atom stereocenters. The lowest BCUT2D eigenvalue weighted by Gasteiger charge is -2.30. The zero-order chi connectivity index (χ0) is 31.4. The Balaban J connectivity index is 1.36. The van der Waals surface area contributed by atoms with E-state index in [1.54, 1.807) is 29.0 Å². The van der Waals surface area contributed by atoms with Crippen LogP contribution in [0.4, 0.5) is 15.3 Å². The molecule has 3 amide bonds. The molecule has 0 bridgehead atoms. The van der Waals surface area contributed by atoms with Crippen molar-refractivity contribution in [1.29, 1.82) is 0 Å². The summed E-state index contributed by atoms with van der Waals surface area (Å²) in [5, 5.41) is 2.96. The molecule has 2 aliphatic rings. The summed E-state index contributed by atoms with van der Waals surface area (Å²) in [6.07, 6.45) is 4.81. The number of hydrogen-bond donors (Lipinski definition) is 1. The van der Waals surface area contributed by atoms with Gasteiger partial charge < -0.3 is 29.3 Å². The SMILES string of the molecule is COc1cc(NC(=O)c2ccc(C3=CCN(C(=O)OC(C)(C)C)CC3)cc2)ccc1C1=CCN(C(=O)OC(C)(C)C)CC1.